The maximum absolute atomic E-state index is 12.8. The van der Waals surface area contributed by atoms with Gasteiger partial charge in [-0.1, -0.05) is 54.6 Å². The van der Waals surface area contributed by atoms with Crippen molar-refractivity contribution in [1.29, 1.82) is 0 Å². The van der Waals surface area contributed by atoms with Gasteiger partial charge in [0, 0.05) is 20.1 Å². The van der Waals surface area contributed by atoms with Crippen molar-refractivity contribution in [2.75, 3.05) is 18.1 Å². The van der Waals surface area contributed by atoms with Crippen molar-refractivity contribution in [2.24, 2.45) is 7.05 Å². The molecule has 4 rings (SSSR count). The molecule has 2 N–H and O–H groups in total. The van der Waals surface area contributed by atoms with Crippen molar-refractivity contribution in [3.8, 4) is 0 Å². The molecule has 8 heteroatoms. The van der Waals surface area contributed by atoms with Crippen LogP contribution in [0.5, 0.6) is 0 Å². The van der Waals surface area contributed by atoms with E-state index in [1.807, 2.05) is 71.0 Å². The number of imidazole rings is 1. The highest BCUT2D eigenvalue weighted by molar-refractivity contribution is 5.74. The lowest BCUT2D eigenvalue weighted by molar-refractivity contribution is 0.300. The summed E-state index contributed by atoms with van der Waals surface area (Å²) in [4.78, 5) is 34.0. The third-order valence-corrected chi connectivity index (χ3v) is 5.45. The number of aliphatic hydroxyl groups is 1. The van der Waals surface area contributed by atoms with E-state index < -0.39 is 11.2 Å². The number of benzene rings is 2. The number of anilines is 1. The number of rotatable bonds is 7. The van der Waals surface area contributed by atoms with Crippen molar-refractivity contribution in [3.05, 3.63) is 92.1 Å². The topological polar surface area (TPSA) is 96.2 Å². The Labute approximate surface area is 179 Å². The third kappa shape index (κ3) is 4.02. The number of nitrogens with zero attached hydrogens (tertiary/aromatic N) is 4. The predicted octanol–water partition coefficient (Wildman–Crippen LogP) is 1.78. The molecule has 8 nitrogen and oxygen atoms in total. The van der Waals surface area contributed by atoms with E-state index in [0.717, 1.165) is 16.7 Å². The zero-order chi connectivity index (χ0) is 22.0. The molecule has 0 bridgehead atoms. The van der Waals surface area contributed by atoms with Gasteiger partial charge in [-0.05, 0) is 23.6 Å². The summed E-state index contributed by atoms with van der Waals surface area (Å²) in [6, 6.07) is 17.8. The average Bonchev–Trinajstić information content (AvgIpc) is 3.14. The monoisotopic (exact) mass is 419 g/mol. The number of H-pyrrole nitrogens is 1. The van der Waals surface area contributed by atoms with Crippen LogP contribution in [0.4, 0.5) is 5.95 Å². The molecule has 0 spiro atoms. The van der Waals surface area contributed by atoms with Crippen LogP contribution in [0.3, 0.4) is 0 Å². The van der Waals surface area contributed by atoms with Crippen molar-refractivity contribution >= 4 is 17.1 Å². The maximum Gasteiger partial charge on any atom is 0.329 e. The lowest BCUT2D eigenvalue weighted by Gasteiger charge is -2.24. The molecule has 0 aliphatic carbocycles. The van der Waals surface area contributed by atoms with Crippen LogP contribution in [0.2, 0.25) is 0 Å². The van der Waals surface area contributed by atoms with Gasteiger partial charge in [0.2, 0.25) is 5.95 Å². The molecular weight excluding hydrogens is 394 g/mol. The Balaban J connectivity index is 1.93. The minimum atomic E-state index is -0.513. The van der Waals surface area contributed by atoms with Crippen molar-refractivity contribution in [2.45, 2.75) is 20.0 Å². The lowest BCUT2D eigenvalue weighted by atomic mass is 10.1. The van der Waals surface area contributed by atoms with Gasteiger partial charge in [0.05, 0.1) is 13.2 Å². The standard InChI is InChI=1S/C23H25N5O3/c1-16-8-6-7-11-18(16)15-28-19-20(26(2)23(31)25-21(19)30)24-22(28)27(12-13-29)14-17-9-4-3-5-10-17/h3-11,29H,12-15H2,1-2H3,(H,25,30,31). The van der Waals surface area contributed by atoms with E-state index >= 15 is 0 Å². The van der Waals surface area contributed by atoms with Crippen molar-refractivity contribution in [1.82, 2.24) is 19.1 Å². The number of hydrogen-bond acceptors (Lipinski definition) is 5. The second kappa shape index (κ2) is 8.61. The molecular formula is C23H25N5O3. The van der Waals surface area contributed by atoms with Gasteiger partial charge in [0.25, 0.3) is 5.56 Å². The van der Waals surface area contributed by atoms with Gasteiger partial charge < -0.3 is 10.0 Å². The summed E-state index contributed by atoms with van der Waals surface area (Å²) >= 11 is 0. The van der Waals surface area contributed by atoms with Gasteiger partial charge in [0.1, 0.15) is 0 Å². The second-order valence-corrected chi connectivity index (χ2v) is 7.55. The van der Waals surface area contributed by atoms with E-state index in [1.165, 1.54) is 4.57 Å². The van der Waals surface area contributed by atoms with Gasteiger partial charge >= 0.3 is 5.69 Å². The van der Waals surface area contributed by atoms with Gasteiger partial charge in [-0.25, -0.2) is 4.79 Å². The first-order chi connectivity index (χ1) is 15.0. The average molecular weight is 419 g/mol. The quantitative estimate of drug-likeness (QED) is 0.476. The highest BCUT2D eigenvalue weighted by Crippen LogP contribution is 2.23. The Bertz CT molecular complexity index is 1320. The van der Waals surface area contributed by atoms with Crippen molar-refractivity contribution in [3.63, 3.8) is 0 Å². The molecule has 2 aromatic heterocycles. The van der Waals surface area contributed by atoms with Gasteiger partial charge in [-0.3, -0.25) is 18.9 Å². The predicted molar refractivity (Wildman–Crippen MR) is 120 cm³/mol. The number of aliphatic hydroxyl groups excluding tert-OH is 1. The molecule has 160 valence electrons. The summed E-state index contributed by atoms with van der Waals surface area (Å²) < 4.78 is 3.17. The van der Waals surface area contributed by atoms with Gasteiger partial charge in [0.15, 0.2) is 11.2 Å². The van der Waals surface area contributed by atoms with E-state index in [-0.39, 0.29) is 6.61 Å². The second-order valence-electron chi connectivity index (χ2n) is 7.55. The van der Waals surface area contributed by atoms with Crippen LogP contribution in [0, 0.1) is 6.92 Å². The van der Waals surface area contributed by atoms with Gasteiger partial charge in [-0.2, -0.15) is 4.98 Å². The summed E-state index contributed by atoms with van der Waals surface area (Å²) in [5.41, 5.74) is 2.83. The van der Waals surface area contributed by atoms with Crippen LogP contribution < -0.4 is 16.1 Å². The number of aryl methyl sites for hydroxylation is 2. The Morgan fingerprint density at radius 1 is 1.06 bits per heavy atom. The van der Waals surface area contributed by atoms with E-state index in [1.54, 1.807) is 7.05 Å². The molecule has 0 atom stereocenters. The molecule has 4 aromatic rings. The number of hydrogen-bond donors (Lipinski definition) is 2. The van der Waals surface area contributed by atoms with E-state index in [2.05, 4.69) is 4.98 Å². The van der Waals surface area contributed by atoms with Crippen molar-refractivity contribution < 1.29 is 5.11 Å². The lowest BCUT2D eigenvalue weighted by Crippen LogP contribution is -2.30. The fourth-order valence-corrected chi connectivity index (χ4v) is 3.75. The molecule has 0 unspecified atom stereocenters. The number of fused-ring (bicyclic) bond motifs is 1. The molecule has 0 saturated carbocycles. The smallest absolute Gasteiger partial charge is 0.329 e. The highest BCUT2D eigenvalue weighted by atomic mass is 16.3. The zero-order valence-electron chi connectivity index (χ0n) is 17.6. The summed E-state index contributed by atoms with van der Waals surface area (Å²) in [5.74, 6) is 0.530. The molecule has 0 amide bonds. The fourth-order valence-electron chi connectivity index (χ4n) is 3.75. The zero-order valence-corrected chi connectivity index (χ0v) is 17.6. The molecule has 0 aliphatic rings. The first kappa shape index (κ1) is 20.6. The molecule has 31 heavy (non-hydrogen) atoms. The van der Waals surface area contributed by atoms with E-state index in [4.69, 9.17) is 4.98 Å². The summed E-state index contributed by atoms with van der Waals surface area (Å²) in [7, 11) is 1.59. The van der Waals surface area contributed by atoms with Crippen LogP contribution >= 0.6 is 0 Å². The third-order valence-electron chi connectivity index (χ3n) is 5.45. The molecule has 0 aliphatic heterocycles. The molecule has 0 radical (unpaired) electrons. The molecule has 0 fully saturated rings. The Morgan fingerprint density at radius 3 is 2.48 bits per heavy atom. The maximum atomic E-state index is 12.8. The number of aromatic amines is 1. The minimum Gasteiger partial charge on any atom is -0.395 e. The minimum absolute atomic E-state index is 0.0737. The summed E-state index contributed by atoms with van der Waals surface area (Å²) in [5, 5.41) is 9.73. The van der Waals surface area contributed by atoms with Gasteiger partial charge in [-0.15, -0.1) is 0 Å². The van der Waals surface area contributed by atoms with Crippen LogP contribution in [-0.2, 0) is 20.1 Å². The van der Waals surface area contributed by atoms with E-state index in [0.29, 0.717) is 36.7 Å². The van der Waals surface area contributed by atoms with Crippen LogP contribution in [0.25, 0.3) is 11.2 Å². The fraction of sp³-hybridized carbons (Fsp3) is 0.261. The van der Waals surface area contributed by atoms with E-state index in [9.17, 15) is 14.7 Å². The molecule has 0 saturated heterocycles. The van der Waals surface area contributed by atoms with Crippen LogP contribution in [-0.4, -0.2) is 37.4 Å². The first-order valence-electron chi connectivity index (χ1n) is 10.1. The molecule has 2 aromatic carbocycles. The SMILES string of the molecule is Cc1ccccc1Cn1c(N(CCO)Cc2ccccc2)nc2c1c(=O)[nH]c(=O)n2C. The first-order valence-corrected chi connectivity index (χ1v) is 10.1. The number of aromatic nitrogens is 4. The normalized spacial score (nSPS) is 11.2. The Kier molecular flexibility index (Phi) is 5.73. The molecule has 2 heterocycles. The van der Waals surface area contributed by atoms with Crippen LogP contribution in [0.15, 0.2) is 64.2 Å². The summed E-state index contributed by atoms with van der Waals surface area (Å²) in [6.07, 6.45) is 0. The number of nitrogens with one attached hydrogen (secondary N) is 1. The Morgan fingerprint density at radius 2 is 1.77 bits per heavy atom. The highest BCUT2D eigenvalue weighted by Gasteiger charge is 2.22. The largest absolute Gasteiger partial charge is 0.395 e. The van der Waals surface area contributed by atoms with Crippen LogP contribution in [0.1, 0.15) is 16.7 Å². The summed E-state index contributed by atoms with van der Waals surface area (Å²) in [6.45, 7) is 3.19. The Hall–Kier alpha value is -3.65.